The Labute approximate surface area is 156 Å². The number of aryl methyl sites for hydroxylation is 1. The molecule has 0 aliphatic carbocycles. The predicted molar refractivity (Wildman–Crippen MR) is 103 cm³/mol. The van der Waals surface area contributed by atoms with E-state index in [9.17, 15) is 9.59 Å². The van der Waals surface area contributed by atoms with Crippen LogP contribution in [-0.2, 0) is 11.2 Å². The first-order valence-corrected chi connectivity index (χ1v) is 8.65. The molecule has 0 saturated heterocycles. The Hall–Kier alpha value is -3.34. The van der Waals surface area contributed by atoms with Crippen LogP contribution < -0.4 is 15.1 Å². The summed E-state index contributed by atoms with van der Waals surface area (Å²) >= 11 is 0. The van der Waals surface area contributed by atoms with Crippen LogP contribution in [0.2, 0.25) is 0 Å². The Morgan fingerprint density at radius 1 is 1.07 bits per heavy atom. The van der Waals surface area contributed by atoms with E-state index >= 15 is 0 Å². The van der Waals surface area contributed by atoms with Gasteiger partial charge in [-0.2, -0.15) is 0 Å². The lowest BCUT2D eigenvalue weighted by Gasteiger charge is -2.13. The van der Waals surface area contributed by atoms with E-state index in [4.69, 9.17) is 13.9 Å². The minimum atomic E-state index is -0.568. The van der Waals surface area contributed by atoms with E-state index in [1.54, 1.807) is 19.1 Å². The molecule has 0 N–H and O–H groups in total. The van der Waals surface area contributed by atoms with Gasteiger partial charge in [0, 0.05) is 23.1 Å². The summed E-state index contributed by atoms with van der Waals surface area (Å²) in [5.74, 6) is 0.0466. The molecule has 27 heavy (non-hydrogen) atoms. The second-order valence-corrected chi connectivity index (χ2v) is 6.20. The molecule has 0 unspecified atom stereocenters. The first-order valence-electron chi connectivity index (χ1n) is 8.65. The van der Waals surface area contributed by atoms with Crippen LogP contribution in [0.15, 0.2) is 76.0 Å². The normalized spacial score (nSPS) is 10.6. The molecular weight excluding hydrogens is 344 g/mol. The minimum Gasteiger partial charge on any atom is -0.490 e. The average Bonchev–Trinajstić information content (AvgIpc) is 2.66. The number of hydrogen-bond donors (Lipinski definition) is 0. The van der Waals surface area contributed by atoms with Crippen molar-refractivity contribution in [2.45, 2.75) is 19.8 Å². The standard InChI is InChI=1S/C22H20O5/c1-15(2)22(24)27-20-14-18-17(10-11-21(23)26-18)13-19(20)25-12-6-9-16-7-4-3-5-8-16/h3-5,7-8,10-11,13-14H,1,6,9,12H2,2H3. The third kappa shape index (κ3) is 4.85. The monoisotopic (exact) mass is 364 g/mol. The molecule has 0 radical (unpaired) electrons. The fourth-order valence-corrected chi connectivity index (χ4v) is 2.56. The highest BCUT2D eigenvalue weighted by Gasteiger charge is 2.14. The van der Waals surface area contributed by atoms with Crippen LogP contribution in [0.4, 0.5) is 0 Å². The lowest BCUT2D eigenvalue weighted by atomic mass is 10.1. The van der Waals surface area contributed by atoms with Crippen molar-refractivity contribution in [1.29, 1.82) is 0 Å². The first-order chi connectivity index (χ1) is 13.0. The smallest absolute Gasteiger partial charge is 0.338 e. The number of esters is 1. The summed E-state index contributed by atoms with van der Waals surface area (Å²) in [6, 6.07) is 16.3. The molecule has 0 aliphatic rings. The number of carbonyl (C=O) groups excluding carboxylic acids is 1. The highest BCUT2D eigenvalue weighted by atomic mass is 16.6. The maximum Gasteiger partial charge on any atom is 0.338 e. The molecule has 3 rings (SSSR count). The second-order valence-electron chi connectivity index (χ2n) is 6.20. The molecule has 1 heterocycles. The summed E-state index contributed by atoms with van der Waals surface area (Å²) in [6.45, 7) is 5.59. The van der Waals surface area contributed by atoms with Crippen molar-refractivity contribution >= 4 is 16.9 Å². The Morgan fingerprint density at radius 3 is 2.59 bits per heavy atom. The number of benzene rings is 2. The van der Waals surface area contributed by atoms with Gasteiger partial charge in [-0.15, -0.1) is 0 Å². The zero-order chi connectivity index (χ0) is 19.2. The number of fused-ring (bicyclic) bond motifs is 1. The zero-order valence-corrected chi connectivity index (χ0v) is 15.1. The Balaban J connectivity index is 1.78. The van der Waals surface area contributed by atoms with Crippen LogP contribution in [0.5, 0.6) is 11.5 Å². The molecule has 3 aromatic rings. The number of carbonyl (C=O) groups is 1. The van der Waals surface area contributed by atoms with Crippen LogP contribution in [0.25, 0.3) is 11.0 Å². The Kier molecular flexibility index (Phi) is 5.71. The second kappa shape index (κ2) is 8.36. The first kappa shape index (κ1) is 18.5. The quantitative estimate of drug-likeness (QED) is 0.206. The van der Waals surface area contributed by atoms with Crippen molar-refractivity contribution in [2.24, 2.45) is 0 Å². The van der Waals surface area contributed by atoms with Crippen molar-refractivity contribution < 1.29 is 18.7 Å². The van der Waals surface area contributed by atoms with Gasteiger partial charge in [0.2, 0.25) is 0 Å². The van der Waals surface area contributed by atoms with Crippen molar-refractivity contribution in [2.75, 3.05) is 6.61 Å². The summed E-state index contributed by atoms with van der Waals surface area (Å²) in [5, 5.41) is 0.683. The van der Waals surface area contributed by atoms with Crippen LogP contribution in [0, 0.1) is 0 Å². The highest BCUT2D eigenvalue weighted by Crippen LogP contribution is 2.33. The van der Waals surface area contributed by atoms with E-state index < -0.39 is 11.6 Å². The summed E-state index contributed by atoms with van der Waals surface area (Å²) in [7, 11) is 0. The van der Waals surface area contributed by atoms with E-state index in [0.29, 0.717) is 23.3 Å². The molecule has 0 amide bonds. The fourth-order valence-electron chi connectivity index (χ4n) is 2.56. The third-order valence-electron chi connectivity index (χ3n) is 3.95. The molecule has 0 spiro atoms. The summed E-state index contributed by atoms with van der Waals surface area (Å²) in [4.78, 5) is 23.3. The van der Waals surface area contributed by atoms with E-state index in [1.165, 1.54) is 17.7 Å². The average molecular weight is 364 g/mol. The van der Waals surface area contributed by atoms with Crippen LogP contribution in [0.3, 0.4) is 0 Å². The van der Waals surface area contributed by atoms with Gasteiger partial charge in [0.25, 0.3) is 0 Å². The fraction of sp³-hybridized carbons (Fsp3) is 0.182. The van der Waals surface area contributed by atoms with Crippen molar-refractivity contribution in [3.63, 3.8) is 0 Å². The van der Waals surface area contributed by atoms with E-state index in [1.807, 2.05) is 18.2 Å². The van der Waals surface area contributed by atoms with Gasteiger partial charge in [0.15, 0.2) is 11.5 Å². The van der Waals surface area contributed by atoms with Gasteiger partial charge in [0.1, 0.15) is 5.58 Å². The number of ether oxygens (including phenoxy) is 2. The zero-order valence-electron chi connectivity index (χ0n) is 15.1. The van der Waals surface area contributed by atoms with E-state index in [2.05, 4.69) is 18.7 Å². The van der Waals surface area contributed by atoms with Crippen molar-refractivity contribution in [3.05, 3.63) is 82.7 Å². The van der Waals surface area contributed by atoms with Crippen LogP contribution in [-0.4, -0.2) is 12.6 Å². The molecule has 138 valence electrons. The van der Waals surface area contributed by atoms with Gasteiger partial charge in [-0.25, -0.2) is 9.59 Å². The SMILES string of the molecule is C=C(C)C(=O)Oc1cc2oc(=O)ccc2cc1OCCCc1ccccc1. The van der Waals surface area contributed by atoms with Gasteiger partial charge >= 0.3 is 11.6 Å². The summed E-state index contributed by atoms with van der Waals surface area (Å²) < 4.78 is 16.4. The van der Waals surface area contributed by atoms with Gasteiger partial charge in [-0.3, -0.25) is 0 Å². The molecule has 0 fully saturated rings. The van der Waals surface area contributed by atoms with Crippen molar-refractivity contribution in [3.8, 4) is 11.5 Å². The Morgan fingerprint density at radius 2 is 1.85 bits per heavy atom. The highest BCUT2D eigenvalue weighted by molar-refractivity contribution is 5.90. The topological polar surface area (TPSA) is 65.7 Å². The molecule has 0 saturated carbocycles. The largest absolute Gasteiger partial charge is 0.490 e. The van der Waals surface area contributed by atoms with Gasteiger partial charge in [-0.1, -0.05) is 36.9 Å². The minimum absolute atomic E-state index is 0.199. The lowest BCUT2D eigenvalue weighted by Crippen LogP contribution is -2.10. The Bertz CT molecular complexity index is 1020. The third-order valence-corrected chi connectivity index (χ3v) is 3.95. The molecular formula is C22H20O5. The maximum absolute atomic E-state index is 11.9. The molecule has 5 heteroatoms. The molecule has 0 bridgehead atoms. The summed E-state index contributed by atoms with van der Waals surface area (Å²) in [6.07, 6.45) is 1.68. The predicted octanol–water partition coefficient (Wildman–Crippen LogP) is 4.29. The molecule has 0 atom stereocenters. The number of rotatable bonds is 7. The molecule has 5 nitrogen and oxygen atoms in total. The number of hydrogen-bond acceptors (Lipinski definition) is 5. The maximum atomic E-state index is 11.9. The van der Waals surface area contributed by atoms with Crippen molar-refractivity contribution in [1.82, 2.24) is 0 Å². The molecule has 1 aromatic heterocycles. The molecule has 0 aliphatic heterocycles. The summed E-state index contributed by atoms with van der Waals surface area (Å²) in [5.41, 5.74) is 1.34. The van der Waals surface area contributed by atoms with Gasteiger partial charge in [0.05, 0.1) is 6.61 Å². The van der Waals surface area contributed by atoms with Gasteiger partial charge in [-0.05, 0) is 37.5 Å². The van der Waals surface area contributed by atoms with Gasteiger partial charge < -0.3 is 13.9 Å². The van der Waals surface area contributed by atoms with Crippen LogP contribution >= 0.6 is 0 Å². The molecule has 2 aromatic carbocycles. The van der Waals surface area contributed by atoms with Crippen LogP contribution in [0.1, 0.15) is 18.9 Å². The van der Waals surface area contributed by atoms with E-state index in [-0.39, 0.29) is 11.3 Å². The lowest BCUT2D eigenvalue weighted by molar-refractivity contribution is -0.130. The van der Waals surface area contributed by atoms with E-state index in [0.717, 1.165) is 12.8 Å².